The highest BCUT2D eigenvalue weighted by Crippen LogP contribution is 2.22. The van der Waals surface area contributed by atoms with Crippen LogP contribution in [-0.4, -0.2) is 42.5 Å². The molecule has 0 atom stereocenters. The van der Waals surface area contributed by atoms with E-state index in [-0.39, 0.29) is 10.8 Å². The molecule has 0 saturated carbocycles. The summed E-state index contributed by atoms with van der Waals surface area (Å²) in [7, 11) is -0.656. The Morgan fingerprint density at radius 1 is 1.11 bits per heavy atom. The number of nitrogens with zero attached hydrogens (tertiary/aromatic N) is 3. The first-order chi connectivity index (χ1) is 12.8. The van der Waals surface area contributed by atoms with Gasteiger partial charge in [0, 0.05) is 26.0 Å². The van der Waals surface area contributed by atoms with Crippen LogP contribution >= 0.6 is 0 Å². The van der Waals surface area contributed by atoms with Gasteiger partial charge in [-0.1, -0.05) is 24.3 Å². The molecule has 8 heteroatoms. The topological polar surface area (TPSA) is 84.3 Å². The van der Waals surface area contributed by atoms with Crippen molar-refractivity contribution < 1.29 is 13.2 Å². The summed E-state index contributed by atoms with van der Waals surface area (Å²) >= 11 is 0. The minimum Gasteiger partial charge on any atom is -0.322 e. The van der Waals surface area contributed by atoms with Gasteiger partial charge in [-0.05, 0) is 36.8 Å². The first-order valence-electron chi connectivity index (χ1n) is 8.23. The fraction of sp³-hybridized carbons (Fsp3) is 0.158. The second-order valence-electron chi connectivity index (χ2n) is 6.23. The van der Waals surface area contributed by atoms with Crippen LogP contribution in [0.1, 0.15) is 15.9 Å². The van der Waals surface area contributed by atoms with Crippen molar-refractivity contribution in [3.05, 3.63) is 72.1 Å². The average molecular weight is 384 g/mol. The lowest BCUT2D eigenvalue weighted by Crippen LogP contribution is -2.22. The molecule has 0 fully saturated rings. The molecule has 0 radical (unpaired) electrons. The highest BCUT2D eigenvalue weighted by molar-refractivity contribution is 7.89. The van der Waals surface area contributed by atoms with Gasteiger partial charge >= 0.3 is 0 Å². The summed E-state index contributed by atoms with van der Waals surface area (Å²) in [6, 6.07) is 14.1. The molecule has 0 aliphatic heterocycles. The Hall–Kier alpha value is -2.97. The molecule has 1 N–H and O–H groups in total. The van der Waals surface area contributed by atoms with Crippen molar-refractivity contribution >= 4 is 21.6 Å². The molecule has 3 aromatic rings. The molecule has 0 spiro atoms. The number of para-hydroxylation sites is 1. The molecule has 1 amide bonds. The number of rotatable bonds is 5. The van der Waals surface area contributed by atoms with Crippen molar-refractivity contribution in [2.75, 3.05) is 19.4 Å². The number of anilines is 1. The Morgan fingerprint density at radius 2 is 1.81 bits per heavy atom. The van der Waals surface area contributed by atoms with Crippen LogP contribution in [0, 0.1) is 6.92 Å². The van der Waals surface area contributed by atoms with Crippen LogP contribution < -0.4 is 5.32 Å². The van der Waals surface area contributed by atoms with Gasteiger partial charge in [-0.25, -0.2) is 17.4 Å². The van der Waals surface area contributed by atoms with E-state index in [2.05, 4.69) is 10.4 Å². The molecule has 7 nitrogen and oxygen atoms in total. The van der Waals surface area contributed by atoms with Gasteiger partial charge in [0.2, 0.25) is 10.0 Å². The van der Waals surface area contributed by atoms with E-state index in [1.54, 1.807) is 23.9 Å². The van der Waals surface area contributed by atoms with Gasteiger partial charge < -0.3 is 5.32 Å². The molecule has 1 aromatic heterocycles. The van der Waals surface area contributed by atoms with Gasteiger partial charge in [0.15, 0.2) is 0 Å². The molecule has 2 aromatic carbocycles. The second kappa shape index (κ2) is 7.34. The number of hydrogen-bond acceptors (Lipinski definition) is 4. The third-order valence-corrected chi connectivity index (χ3v) is 5.91. The number of sulfonamides is 1. The van der Waals surface area contributed by atoms with Crippen LogP contribution in [0.4, 0.5) is 5.69 Å². The van der Waals surface area contributed by atoms with Crippen LogP contribution in [0.3, 0.4) is 0 Å². The predicted molar refractivity (Wildman–Crippen MR) is 104 cm³/mol. The summed E-state index contributed by atoms with van der Waals surface area (Å²) in [6.45, 7) is 1.80. The summed E-state index contributed by atoms with van der Waals surface area (Å²) in [4.78, 5) is 12.7. The Balaban J connectivity index is 1.86. The largest absolute Gasteiger partial charge is 0.322 e. The minimum absolute atomic E-state index is 0.119. The number of hydrogen-bond donors (Lipinski definition) is 1. The van der Waals surface area contributed by atoms with Gasteiger partial charge in [0.05, 0.1) is 22.3 Å². The summed E-state index contributed by atoms with van der Waals surface area (Å²) < 4.78 is 27.4. The fourth-order valence-electron chi connectivity index (χ4n) is 2.46. The van der Waals surface area contributed by atoms with E-state index in [0.29, 0.717) is 11.3 Å². The number of carbonyl (C=O) groups excluding carboxylic acids is 1. The summed E-state index contributed by atoms with van der Waals surface area (Å²) in [5.74, 6) is -0.361. The van der Waals surface area contributed by atoms with E-state index >= 15 is 0 Å². The number of nitrogens with one attached hydrogen (secondary N) is 1. The lowest BCUT2D eigenvalue weighted by atomic mass is 10.2. The van der Waals surface area contributed by atoms with E-state index < -0.39 is 10.0 Å². The van der Waals surface area contributed by atoms with Gasteiger partial charge in [0.25, 0.3) is 5.91 Å². The monoisotopic (exact) mass is 384 g/mol. The Bertz CT molecular complexity index is 1070. The minimum atomic E-state index is -3.58. The highest BCUT2D eigenvalue weighted by Gasteiger charge is 2.19. The average Bonchev–Trinajstić information content (AvgIpc) is 3.14. The smallest absolute Gasteiger partial charge is 0.258 e. The van der Waals surface area contributed by atoms with Crippen molar-refractivity contribution in [2.45, 2.75) is 11.8 Å². The SMILES string of the molecule is Cc1ccc(S(=O)(=O)N(C)C)cc1NC(=O)c1cnn(-c2ccccc2)c1. The van der Waals surface area contributed by atoms with Gasteiger partial charge in [-0.3, -0.25) is 4.79 Å². The lowest BCUT2D eigenvalue weighted by molar-refractivity contribution is 0.102. The summed E-state index contributed by atoms with van der Waals surface area (Å²) in [5.41, 5.74) is 2.41. The molecular weight excluding hydrogens is 364 g/mol. The molecular formula is C19H20N4O3S. The Kier molecular flexibility index (Phi) is 5.11. The Morgan fingerprint density at radius 3 is 2.48 bits per heavy atom. The number of aryl methyl sites for hydroxylation is 1. The predicted octanol–water partition coefficient (Wildman–Crippen LogP) is 2.68. The zero-order valence-corrected chi connectivity index (χ0v) is 16.1. The van der Waals surface area contributed by atoms with Gasteiger partial charge in [-0.15, -0.1) is 0 Å². The molecule has 0 aliphatic carbocycles. The fourth-order valence-corrected chi connectivity index (χ4v) is 3.39. The third-order valence-electron chi connectivity index (χ3n) is 4.10. The molecule has 3 rings (SSSR count). The van der Waals surface area contributed by atoms with Crippen molar-refractivity contribution in [1.82, 2.24) is 14.1 Å². The maximum Gasteiger partial charge on any atom is 0.258 e. The summed E-state index contributed by atoms with van der Waals surface area (Å²) in [5, 5.41) is 6.97. The maximum atomic E-state index is 12.6. The Labute approximate surface area is 158 Å². The van der Waals surface area contributed by atoms with Gasteiger partial charge in [0.1, 0.15) is 0 Å². The number of carbonyl (C=O) groups is 1. The number of amides is 1. The first kappa shape index (κ1) is 18.8. The van der Waals surface area contributed by atoms with E-state index in [1.165, 1.54) is 32.4 Å². The van der Waals surface area contributed by atoms with E-state index in [0.717, 1.165) is 15.6 Å². The highest BCUT2D eigenvalue weighted by atomic mass is 32.2. The molecule has 0 aliphatic rings. The zero-order valence-electron chi connectivity index (χ0n) is 15.2. The molecule has 1 heterocycles. The molecule has 140 valence electrons. The van der Waals surface area contributed by atoms with E-state index in [4.69, 9.17) is 0 Å². The van der Waals surface area contributed by atoms with Crippen LogP contribution in [0.25, 0.3) is 5.69 Å². The van der Waals surface area contributed by atoms with Crippen molar-refractivity contribution in [3.8, 4) is 5.69 Å². The van der Waals surface area contributed by atoms with Crippen LogP contribution in [-0.2, 0) is 10.0 Å². The molecule has 0 unspecified atom stereocenters. The maximum absolute atomic E-state index is 12.6. The lowest BCUT2D eigenvalue weighted by Gasteiger charge is -2.14. The van der Waals surface area contributed by atoms with E-state index in [1.807, 2.05) is 30.3 Å². The first-order valence-corrected chi connectivity index (χ1v) is 9.67. The third kappa shape index (κ3) is 3.91. The van der Waals surface area contributed by atoms with E-state index in [9.17, 15) is 13.2 Å². The van der Waals surface area contributed by atoms with Crippen LogP contribution in [0.2, 0.25) is 0 Å². The van der Waals surface area contributed by atoms with Crippen LogP contribution in [0.15, 0.2) is 65.8 Å². The molecule has 0 bridgehead atoms. The van der Waals surface area contributed by atoms with Crippen molar-refractivity contribution in [3.63, 3.8) is 0 Å². The second-order valence-corrected chi connectivity index (χ2v) is 8.38. The van der Waals surface area contributed by atoms with Crippen molar-refractivity contribution in [2.24, 2.45) is 0 Å². The number of benzene rings is 2. The van der Waals surface area contributed by atoms with Crippen molar-refractivity contribution in [1.29, 1.82) is 0 Å². The zero-order chi connectivity index (χ0) is 19.6. The quantitative estimate of drug-likeness (QED) is 0.733. The summed E-state index contributed by atoms with van der Waals surface area (Å²) in [6.07, 6.45) is 3.10. The van der Waals surface area contributed by atoms with Gasteiger partial charge in [-0.2, -0.15) is 5.10 Å². The standard InChI is InChI=1S/C19H20N4O3S/c1-14-9-10-17(27(25,26)22(2)3)11-18(14)21-19(24)15-12-20-23(13-15)16-7-5-4-6-8-16/h4-13H,1-3H3,(H,21,24). The normalized spacial score (nSPS) is 11.6. The van der Waals surface area contributed by atoms with Crippen LogP contribution in [0.5, 0.6) is 0 Å². The number of aromatic nitrogens is 2. The molecule has 27 heavy (non-hydrogen) atoms. The molecule has 0 saturated heterocycles.